The molecule has 0 unspecified atom stereocenters. The van der Waals surface area contributed by atoms with E-state index in [1.54, 1.807) is 11.8 Å². The van der Waals surface area contributed by atoms with Crippen molar-refractivity contribution in [2.45, 2.75) is 6.92 Å². The Hall–Kier alpha value is -2.71. The van der Waals surface area contributed by atoms with Gasteiger partial charge in [-0.1, -0.05) is 39.3 Å². The van der Waals surface area contributed by atoms with Crippen LogP contribution in [0.2, 0.25) is 0 Å². The maximum Gasteiger partial charge on any atom is 0.165 e. The van der Waals surface area contributed by atoms with Crippen molar-refractivity contribution < 1.29 is 4.74 Å². The second-order valence-corrected chi connectivity index (χ2v) is 7.73. The van der Waals surface area contributed by atoms with Crippen molar-refractivity contribution in [2.75, 3.05) is 12.8 Å². The second kappa shape index (κ2) is 7.13. The van der Waals surface area contributed by atoms with Crippen LogP contribution in [0.3, 0.4) is 0 Å². The number of halogens is 1. The molecule has 0 saturated heterocycles. The number of hydrogen-bond donors (Lipinski definition) is 1. The normalized spacial score (nSPS) is 10.9. The molecule has 2 aromatic heterocycles. The van der Waals surface area contributed by atoms with E-state index in [0.717, 1.165) is 32.0 Å². The van der Waals surface area contributed by atoms with Gasteiger partial charge in [0.15, 0.2) is 11.5 Å². The van der Waals surface area contributed by atoms with Crippen LogP contribution in [0.15, 0.2) is 52.3 Å². The minimum absolute atomic E-state index is 0.426. The molecular formula is C19H16BrN5OS. The van der Waals surface area contributed by atoms with Crippen LogP contribution in [0.25, 0.3) is 27.6 Å². The molecule has 6 nitrogen and oxygen atoms in total. The highest BCUT2D eigenvalue weighted by Crippen LogP contribution is 2.33. The third-order valence-electron chi connectivity index (χ3n) is 4.11. The summed E-state index contributed by atoms with van der Waals surface area (Å²) in [5.74, 6) is 1.11. The van der Waals surface area contributed by atoms with E-state index < -0.39 is 0 Å². The first kappa shape index (κ1) is 17.7. The molecule has 0 aliphatic rings. The standard InChI is InChI=1S/C19H16BrN5OS/c1-11-3-8-16(26-2)15(9-11)25-18(21)17(23-24-25)19-22-14(10-27-19)12-4-6-13(20)7-5-12/h3-10H,21H2,1-2H3. The van der Waals surface area contributed by atoms with Gasteiger partial charge in [0, 0.05) is 15.4 Å². The molecule has 0 fully saturated rings. The zero-order valence-electron chi connectivity index (χ0n) is 14.7. The predicted octanol–water partition coefficient (Wildman–Crippen LogP) is 4.72. The average molecular weight is 442 g/mol. The summed E-state index contributed by atoms with van der Waals surface area (Å²) in [4.78, 5) is 4.68. The molecular weight excluding hydrogens is 426 g/mol. The number of anilines is 1. The summed E-state index contributed by atoms with van der Waals surface area (Å²) in [6.07, 6.45) is 0. The van der Waals surface area contributed by atoms with Crippen molar-refractivity contribution in [3.63, 3.8) is 0 Å². The SMILES string of the molecule is COc1ccc(C)cc1-n1nnc(-c2nc(-c3ccc(Br)cc3)cs2)c1N. The zero-order chi connectivity index (χ0) is 19.0. The Morgan fingerprint density at radius 2 is 1.93 bits per heavy atom. The number of benzene rings is 2. The van der Waals surface area contributed by atoms with Crippen molar-refractivity contribution in [3.8, 4) is 33.4 Å². The highest BCUT2D eigenvalue weighted by molar-refractivity contribution is 9.10. The number of nitrogen functional groups attached to an aromatic ring is 1. The molecule has 27 heavy (non-hydrogen) atoms. The van der Waals surface area contributed by atoms with E-state index in [1.165, 1.54) is 11.3 Å². The van der Waals surface area contributed by atoms with E-state index >= 15 is 0 Å². The summed E-state index contributed by atoms with van der Waals surface area (Å²) in [6.45, 7) is 2.00. The molecule has 2 N–H and O–H groups in total. The Morgan fingerprint density at radius 3 is 2.67 bits per heavy atom. The van der Waals surface area contributed by atoms with Crippen LogP contribution < -0.4 is 10.5 Å². The van der Waals surface area contributed by atoms with Gasteiger partial charge in [-0.2, -0.15) is 4.68 Å². The van der Waals surface area contributed by atoms with Gasteiger partial charge in [-0.3, -0.25) is 0 Å². The van der Waals surface area contributed by atoms with Crippen LogP contribution in [-0.4, -0.2) is 27.1 Å². The molecule has 0 aliphatic carbocycles. The van der Waals surface area contributed by atoms with Crippen LogP contribution in [0.1, 0.15) is 5.56 Å². The van der Waals surface area contributed by atoms with Gasteiger partial charge >= 0.3 is 0 Å². The lowest BCUT2D eigenvalue weighted by atomic mass is 10.2. The van der Waals surface area contributed by atoms with E-state index in [1.807, 2.05) is 54.8 Å². The highest BCUT2D eigenvalue weighted by Gasteiger charge is 2.19. The third-order valence-corrected chi connectivity index (χ3v) is 5.49. The maximum atomic E-state index is 6.35. The van der Waals surface area contributed by atoms with Crippen molar-refractivity contribution >= 4 is 33.1 Å². The maximum absolute atomic E-state index is 6.35. The molecule has 2 aromatic carbocycles. The number of nitrogens with two attached hydrogens (primary N) is 1. The highest BCUT2D eigenvalue weighted by atomic mass is 79.9. The fraction of sp³-hybridized carbons (Fsp3) is 0.105. The van der Waals surface area contributed by atoms with Crippen LogP contribution in [0.4, 0.5) is 5.82 Å². The molecule has 0 bridgehead atoms. The average Bonchev–Trinajstić information content (AvgIpc) is 3.29. The van der Waals surface area contributed by atoms with E-state index in [2.05, 4.69) is 31.2 Å². The van der Waals surface area contributed by atoms with E-state index in [-0.39, 0.29) is 0 Å². The Labute approximate surface area is 168 Å². The van der Waals surface area contributed by atoms with Crippen molar-refractivity contribution in [1.82, 2.24) is 20.0 Å². The Balaban J connectivity index is 1.73. The number of aromatic nitrogens is 4. The summed E-state index contributed by atoms with van der Waals surface area (Å²) in [6, 6.07) is 13.8. The summed E-state index contributed by atoms with van der Waals surface area (Å²) < 4.78 is 8.05. The fourth-order valence-electron chi connectivity index (χ4n) is 2.72. The van der Waals surface area contributed by atoms with E-state index in [0.29, 0.717) is 17.3 Å². The summed E-state index contributed by atoms with van der Waals surface area (Å²) in [7, 11) is 1.62. The Bertz CT molecular complexity index is 1100. The van der Waals surface area contributed by atoms with Crippen LogP contribution in [0.5, 0.6) is 5.75 Å². The predicted molar refractivity (Wildman–Crippen MR) is 111 cm³/mol. The van der Waals surface area contributed by atoms with Crippen LogP contribution >= 0.6 is 27.3 Å². The first-order chi connectivity index (χ1) is 13.1. The molecule has 0 spiro atoms. The summed E-state index contributed by atoms with van der Waals surface area (Å²) in [5, 5.41) is 11.2. The van der Waals surface area contributed by atoms with E-state index in [9.17, 15) is 0 Å². The van der Waals surface area contributed by atoms with Gasteiger partial charge in [-0.05, 0) is 36.8 Å². The molecule has 0 aliphatic heterocycles. The molecule has 8 heteroatoms. The number of rotatable bonds is 4. The first-order valence-electron chi connectivity index (χ1n) is 8.15. The van der Waals surface area contributed by atoms with Gasteiger partial charge in [0.2, 0.25) is 0 Å². The first-order valence-corrected chi connectivity index (χ1v) is 9.82. The molecule has 0 atom stereocenters. The topological polar surface area (TPSA) is 78.8 Å². The van der Waals surface area contributed by atoms with Gasteiger partial charge < -0.3 is 10.5 Å². The molecule has 136 valence electrons. The number of ether oxygens (including phenoxy) is 1. The second-order valence-electron chi connectivity index (χ2n) is 5.96. The molecule has 4 aromatic rings. The third kappa shape index (κ3) is 3.33. The van der Waals surface area contributed by atoms with Crippen molar-refractivity contribution in [1.29, 1.82) is 0 Å². The minimum atomic E-state index is 0.426. The minimum Gasteiger partial charge on any atom is -0.494 e. The lowest BCUT2D eigenvalue weighted by Crippen LogP contribution is -2.04. The van der Waals surface area contributed by atoms with Gasteiger partial charge in [0.1, 0.15) is 16.4 Å². The lowest BCUT2D eigenvalue weighted by molar-refractivity contribution is 0.411. The Kier molecular flexibility index (Phi) is 4.67. The van der Waals surface area contributed by atoms with Gasteiger partial charge in [0.25, 0.3) is 0 Å². The Morgan fingerprint density at radius 1 is 1.15 bits per heavy atom. The number of nitrogens with zero attached hydrogens (tertiary/aromatic N) is 4. The van der Waals surface area contributed by atoms with Gasteiger partial charge in [0.05, 0.1) is 12.8 Å². The van der Waals surface area contributed by atoms with Crippen LogP contribution in [-0.2, 0) is 0 Å². The van der Waals surface area contributed by atoms with Crippen LogP contribution in [0, 0.1) is 6.92 Å². The monoisotopic (exact) mass is 441 g/mol. The number of thiazole rings is 1. The van der Waals surface area contributed by atoms with Gasteiger partial charge in [-0.15, -0.1) is 16.4 Å². The van der Waals surface area contributed by atoms with E-state index in [4.69, 9.17) is 10.5 Å². The van der Waals surface area contributed by atoms with Crippen molar-refractivity contribution in [3.05, 3.63) is 57.9 Å². The summed E-state index contributed by atoms with van der Waals surface area (Å²) >= 11 is 4.93. The fourth-order valence-corrected chi connectivity index (χ4v) is 3.81. The number of methoxy groups -OCH3 is 1. The lowest BCUT2D eigenvalue weighted by Gasteiger charge is -2.09. The molecule has 0 amide bonds. The summed E-state index contributed by atoms with van der Waals surface area (Å²) in [5.41, 5.74) is 10.7. The quantitative estimate of drug-likeness (QED) is 0.495. The zero-order valence-corrected chi connectivity index (χ0v) is 17.1. The molecule has 2 heterocycles. The number of aryl methyl sites for hydroxylation is 1. The molecule has 0 radical (unpaired) electrons. The largest absolute Gasteiger partial charge is 0.494 e. The molecule has 0 saturated carbocycles. The van der Waals surface area contributed by atoms with Gasteiger partial charge in [-0.25, -0.2) is 4.98 Å². The molecule has 4 rings (SSSR count). The van der Waals surface area contributed by atoms with Crippen molar-refractivity contribution in [2.24, 2.45) is 0 Å². The number of hydrogen-bond acceptors (Lipinski definition) is 6. The smallest absolute Gasteiger partial charge is 0.165 e.